The van der Waals surface area contributed by atoms with Gasteiger partial charge in [-0.15, -0.1) is 0 Å². The van der Waals surface area contributed by atoms with Crippen LogP contribution in [0.25, 0.3) is 27.5 Å². The van der Waals surface area contributed by atoms with Crippen molar-refractivity contribution in [2.75, 3.05) is 7.11 Å². The topological polar surface area (TPSA) is 14.2 Å². The normalized spacial score (nSPS) is 16.6. The van der Waals surface area contributed by atoms with Gasteiger partial charge < -0.3 is 9.30 Å². The minimum atomic E-state index is -4.72. The van der Waals surface area contributed by atoms with Crippen molar-refractivity contribution in [1.29, 1.82) is 0 Å². The summed E-state index contributed by atoms with van der Waals surface area (Å²) < 4.78 is 106. The number of aromatic nitrogens is 1. The van der Waals surface area contributed by atoms with E-state index < -0.39 is 39.8 Å². The Labute approximate surface area is 237 Å². The number of alkyl halides is 6. The van der Waals surface area contributed by atoms with Gasteiger partial charge in [-0.3, -0.25) is 0 Å². The molecule has 3 aromatic carbocycles. The average Bonchev–Trinajstić information content (AvgIpc) is 3.30. The molecule has 0 radical (unpaired) electrons. The lowest BCUT2D eigenvalue weighted by Gasteiger charge is -2.53. The van der Waals surface area contributed by atoms with E-state index in [9.17, 15) is 0 Å². The van der Waals surface area contributed by atoms with Gasteiger partial charge in [0.2, 0.25) is 0 Å². The van der Waals surface area contributed by atoms with Gasteiger partial charge >= 0.3 is 11.8 Å². The molecule has 8 heteroatoms. The molecule has 0 saturated carbocycles. The van der Waals surface area contributed by atoms with Crippen molar-refractivity contribution < 1.29 is 31.1 Å². The van der Waals surface area contributed by atoms with Gasteiger partial charge in [-0.05, 0) is 37.1 Å². The average molecular weight is 578 g/mol. The highest BCUT2D eigenvalue weighted by molar-refractivity contribution is 6.09. The molecule has 2 unspecified atom stereocenters. The molecule has 222 valence electrons. The van der Waals surface area contributed by atoms with Gasteiger partial charge in [-0.25, -0.2) is 17.6 Å². The van der Waals surface area contributed by atoms with Gasteiger partial charge in [0.15, 0.2) is 0 Å². The summed E-state index contributed by atoms with van der Waals surface area (Å²) >= 11 is 0. The van der Waals surface area contributed by atoms with Crippen LogP contribution in [0.2, 0.25) is 0 Å². The van der Waals surface area contributed by atoms with E-state index in [1.165, 1.54) is 26.0 Å². The smallest absolute Gasteiger partial charge is 0.318 e. The monoisotopic (exact) mass is 577 g/mol. The number of hydrogen-bond donors (Lipinski definition) is 0. The summed E-state index contributed by atoms with van der Waals surface area (Å²) in [4.78, 5) is 0. The summed E-state index contributed by atoms with van der Waals surface area (Å²) in [5.41, 5.74) is -7.86. The van der Waals surface area contributed by atoms with Crippen LogP contribution >= 0.6 is 0 Å². The zero-order chi connectivity index (χ0) is 30.6. The Morgan fingerprint density at radius 3 is 1.44 bits per heavy atom. The lowest BCUT2D eigenvalue weighted by atomic mass is 9.64. The van der Waals surface area contributed by atoms with Crippen LogP contribution < -0.4 is 0 Å². The van der Waals surface area contributed by atoms with Gasteiger partial charge in [-0.1, -0.05) is 90.1 Å². The van der Waals surface area contributed by atoms with E-state index in [1.54, 1.807) is 0 Å². The standard InChI is InChI=1S/C33H37F6NO/c1-8-28(3,4)31(35,36)30(34,33(39,41-7)32(37,38)29(5,6)9-2)22-18-20-23(21-19-22)40-26-16-12-10-14-24(26)25-15-11-13-17-27(25)40/h10-21H,8-9H2,1-7H3. The zero-order valence-electron chi connectivity index (χ0n) is 24.5. The molecule has 0 N–H and O–H groups in total. The first kappa shape index (κ1) is 30.9. The van der Waals surface area contributed by atoms with Crippen molar-refractivity contribution in [2.45, 2.75) is 77.8 Å². The van der Waals surface area contributed by atoms with Crippen molar-refractivity contribution in [2.24, 2.45) is 10.8 Å². The third-order valence-electron chi connectivity index (χ3n) is 9.13. The van der Waals surface area contributed by atoms with Gasteiger partial charge in [0, 0.05) is 40.0 Å². The molecular formula is C33H37F6NO. The number of methoxy groups -OCH3 is 1. The molecule has 2 nitrogen and oxygen atoms in total. The van der Waals surface area contributed by atoms with E-state index in [-0.39, 0.29) is 12.8 Å². The number of ether oxygens (including phenoxy) is 1. The lowest BCUT2D eigenvalue weighted by molar-refractivity contribution is -0.402. The minimum Gasteiger partial charge on any atom is -0.342 e. The van der Waals surface area contributed by atoms with Crippen LogP contribution in [0.15, 0.2) is 72.8 Å². The van der Waals surface area contributed by atoms with Gasteiger partial charge in [-0.2, -0.15) is 8.78 Å². The van der Waals surface area contributed by atoms with E-state index >= 15 is 26.3 Å². The summed E-state index contributed by atoms with van der Waals surface area (Å²) in [5, 5.41) is 1.87. The highest BCUT2D eigenvalue weighted by atomic mass is 19.3. The Balaban J connectivity index is 2.01. The molecule has 4 aromatic rings. The van der Waals surface area contributed by atoms with Crippen LogP contribution in [-0.2, 0) is 10.4 Å². The van der Waals surface area contributed by atoms with E-state index in [0.29, 0.717) is 12.8 Å². The summed E-state index contributed by atoms with van der Waals surface area (Å²) in [6.45, 7) is 6.82. The van der Waals surface area contributed by atoms with Crippen LogP contribution in [0.1, 0.15) is 59.9 Å². The maximum atomic E-state index is 17.4. The van der Waals surface area contributed by atoms with E-state index in [4.69, 9.17) is 0 Å². The number of fused-ring (bicyclic) bond motifs is 3. The molecule has 0 saturated heterocycles. The van der Waals surface area contributed by atoms with Crippen molar-refractivity contribution in [3.8, 4) is 5.69 Å². The molecule has 4 rings (SSSR count). The fourth-order valence-electron chi connectivity index (χ4n) is 5.44. The first-order valence-corrected chi connectivity index (χ1v) is 13.8. The van der Waals surface area contributed by atoms with E-state index in [1.807, 2.05) is 53.1 Å². The molecule has 0 fully saturated rings. The fraction of sp³-hybridized carbons (Fsp3) is 0.455. The molecule has 2 atom stereocenters. The second-order valence-electron chi connectivity index (χ2n) is 12.0. The Morgan fingerprint density at radius 1 is 0.610 bits per heavy atom. The van der Waals surface area contributed by atoms with Crippen LogP contribution in [0.3, 0.4) is 0 Å². The summed E-state index contributed by atoms with van der Waals surface area (Å²) in [7, 11) is 0.509. The molecule has 1 heterocycles. The molecule has 0 bridgehead atoms. The van der Waals surface area contributed by atoms with Crippen molar-refractivity contribution in [1.82, 2.24) is 4.57 Å². The van der Waals surface area contributed by atoms with E-state index in [2.05, 4.69) is 4.74 Å². The van der Waals surface area contributed by atoms with Crippen LogP contribution in [0.4, 0.5) is 26.3 Å². The van der Waals surface area contributed by atoms with Crippen LogP contribution in [0.5, 0.6) is 0 Å². The fourth-order valence-corrected chi connectivity index (χ4v) is 5.44. The number of nitrogens with zero attached hydrogens (tertiary/aromatic N) is 1. The molecule has 0 aliphatic rings. The van der Waals surface area contributed by atoms with Gasteiger partial charge in [0.1, 0.15) is 0 Å². The molecule has 0 spiro atoms. The molecule has 41 heavy (non-hydrogen) atoms. The molecular weight excluding hydrogens is 540 g/mol. The number of rotatable bonds is 10. The van der Waals surface area contributed by atoms with Crippen LogP contribution in [0, 0.1) is 10.8 Å². The Morgan fingerprint density at radius 2 is 1.02 bits per heavy atom. The van der Waals surface area contributed by atoms with Crippen molar-refractivity contribution in [3.05, 3.63) is 78.4 Å². The number of halogens is 6. The SMILES string of the molecule is CCC(C)(C)C(F)(F)C(F)(OC)C(F)(c1ccc(-n2c3ccccc3c3ccccc32)cc1)C(F)(F)C(C)(C)CC. The number of benzene rings is 3. The first-order chi connectivity index (χ1) is 19.0. The lowest BCUT2D eigenvalue weighted by Crippen LogP contribution is -2.71. The van der Waals surface area contributed by atoms with Crippen LogP contribution in [-0.4, -0.2) is 29.4 Å². The maximum Gasteiger partial charge on any atom is 0.318 e. The second kappa shape index (κ2) is 10.1. The van der Waals surface area contributed by atoms with Gasteiger partial charge in [0.05, 0.1) is 11.0 Å². The molecule has 0 amide bonds. The Hall–Kier alpha value is -3.00. The predicted molar refractivity (Wildman–Crippen MR) is 152 cm³/mol. The molecule has 0 aliphatic carbocycles. The van der Waals surface area contributed by atoms with E-state index in [0.717, 1.165) is 61.6 Å². The Kier molecular flexibility index (Phi) is 7.60. The van der Waals surface area contributed by atoms with Crippen molar-refractivity contribution >= 4 is 21.8 Å². The zero-order valence-corrected chi connectivity index (χ0v) is 24.5. The first-order valence-electron chi connectivity index (χ1n) is 13.8. The number of hydrogen-bond acceptors (Lipinski definition) is 1. The molecule has 1 aromatic heterocycles. The predicted octanol–water partition coefficient (Wildman–Crippen LogP) is 10.4. The van der Waals surface area contributed by atoms with Gasteiger partial charge in [0.25, 0.3) is 11.6 Å². The summed E-state index contributed by atoms with van der Waals surface area (Å²) in [6, 6.07) is 19.7. The highest BCUT2D eigenvalue weighted by Gasteiger charge is 2.83. The quantitative estimate of drug-likeness (QED) is 0.171. The summed E-state index contributed by atoms with van der Waals surface area (Å²) in [6.07, 6.45) is -0.631. The summed E-state index contributed by atoms with van der Waals surface area (Å²) in [5.74, 6) is -14.0. The maximum absolute atomic E-state index is 17.4. The third kappa shape index (κ3) is 4.11. The highest BCUT2D eigenvalue weighted by Crippen LogP contribution is 2.65. The molecule has 0 aliphatic heterocycles. The Bertz CT molecular complexity index is 1490. The second-order valence-corrected chi connectivity index (χ2v) is 12.0. The van der Waals surface area contributed by atoms with Crippen molar-refractivity contribution in [3.63, 3.8) is 0 Å². The third-order valence-corrected chi connectivity index (χ3v) is 9.13. The number of para-hydroxylation sites is 2. The largest absolute Gasteiger partial charge is 0.342 e. The minimum absolute atomic E-state index is 0.312.